The van der Waals surface area contributed by atoms with Crippen LogP contribution in [0.15, 0.2) is 53.9 Å². The lowest BCUT2D eigenvalue weighted by molar-refractivity contribution is -0.137. The number of likely N-dealkylation sites (tertiary alicyclic amines) is 1. The smallest absolute Gasteiger partial charge is 0.299 e. The summed E-state index contributed by atoms with van der Waals surface area (Å²) in [5.74, 6) is -4.64. The van der Waals surface area contributed by atoms with E-state index in [0.29, 0.717) is 36.1 Å². The van der Waals surface area contributed by atoms with Gasteiger partial charge in [-0.05, 0) is 42.2 Å². The van der Waals surface area contributed by atoms with Crippen LogP contribution in [-0.4, -0.2) is 47.6 Å². The first-order valence-electron chi connectivity index (χ1n) is 12.1. The van der Waals surface area contributed by atoms with Crippen LogP contribution in [0.2, 0.25) is 0 Å². The number of hydrogen-bond acceptors (Lipinski definition) is 5. The summed E-state index contributed by atoms with van der Waals surface area (Å²) in [7, 11) is 0. The first kappa shape index (κ1) is 25.5. The Morgan fingerprint density at radius 3 is 2.58 bits per heavy atom. The van der Waals surface area contributed by atoms with Crippen molar-refractivity contribution >= 4 is 34.9 Å². The molecule has 2 aliphatic rings. The highest BCUT2D eigenvalue weighted by atomic mass is 32.1. The molecule has 1 aromatic heterocycles. The lowest BCUT2D eigenvalue weighted by Crippen LogP contribution is -2.48. The Hall–Kier alpha value is -4.12. The van der Waals surface area contributed by atoms with E-state index >= 15 is 0 Å². The number of nitrogens with zero attached hydrogens (tertiary/aromatic N) is 1. The van der Waals surface area contributed by atoms with Crippen molar-refractivity contribution in [1.29, 1.82) is 5.41 Å². The van der Waals surface area contributed by atoms with Gasteiger partial charge in [-0.1, -0.05) is 30.3 Å². The topological polar surface area (TPSA) is 128 Å². The standard InChI is InChI=1S/C27H25F2N5O3S/c28-27(29)20-5-2-1-4-18(20)19-8-7-15(11-21(19)27)25(36)33-13-23(35)34-9-3-6-22(34)26(37)32-12-17-10-16(14-38-17)24(30)31/h1-2,4-5,7-8,10-11,14,22H,3,6,9,12-13H2,(H3,30,31)(H,32,37)(H,33,36)/t22-/m0/s1. The number of carbonyl (C=O) groups excluding carboxylic acids is 3. The van der Waals surface area contributed by atoms with Gasteiger partial charge in [-0.2, -0.15) is 8.78 Å². The second-order valence-corrected chi connectivity index (χ2v) is 10.2. The van der Waals surface area contributed by atoms with Crippen LogP contribution in [0.25, 0.3) is 11.1 Å². The van der Waals surface area contributed by atoms with Crippen LogP contribution in [0.5, 0.6) is 0 Å². The molecule has 0 bridgehead atoms. The van der Waals surface area contributed by atoms with Crippen LogP contribution in [0.1, 0.15) is 44.8 Å². The number of nitrogens with two attached hydrogens (primary N) is 1. The molecule has 38 heavy (non-hydrogen) atoms. The summed E-state index contributed by atoms with van der Waals surface area (Å²) in [6, 6.07) is 11.4. The number of amidine groups is 1. The number of nitrogen functional groups attached to an aromatic ring is 1. The zero-order valence-electron chi connectivity index (χ0n) is 20.2. The van der Waals surface area contributed by atoms with E-state index in [1.54, 1.807) is 29.6 Å². The average Bonchev–Trinajstić information content (AvgIpc) is 3.64. The van der Waals surface area contributed by atoms with Crippen LogP contribution in [-0.2, 0) is 22.1 Å². The number of thiophene rings is 1. The van der Waals surface area contributed by atoms with Crippen LogP contribution in [0.3, 0.4) is 0 Å². The number of alkyl halides is 2. The van der Waals surface area contributed by atoms with Gasteiger partial charge in [0.1, 0.15) is 11.9 Å². The first-order valence-corrected chi connectivity index (χ1v) is 12.9. The van der Waals surface area contributed by atoms with Crippen LogP contribution < -0.4 is 16.4 Å². The Morgan fingerprint density at radius 2 is 1.82 bits per heavy atom. The van der Waals surface area contributed by atoms with Crippen LogP contribution >= 0.6 is 11.3 Å². The lowest BCUT2D eigenvalue weighted by Gasteiger charge is -2.24. The van der Waals surface area contributed by atoms with E-state index in [-0.39, 0.29) is 41.5 Å². The number of fused-ring (bicyclic) bond motifs is 3. The largest absolute Gasteiger partial charge is 0.384 e. The molecule has 0 spiro atoms. The van der Waals surface area contributed by atoms with Crippen molar-refractivity contribution in [2.24, 2.45) is 5.73 Å². The Bertz CT molecular complexity index is 1450. The summed E-state index contributed by atoms with van der Waals surface area (Å²) in [6.45, 7) is 0.270. The lowest BCUT2D eigenvalue weighted by atomic mass is 10.0. The summed E-state index contributed by atoms with van der Waals surface area (Å²) in [4.78, 5) is 40.6. The zero-order chi connectivity index (χ0) is 27.0. The number of rotatable bonds is 7. The van der Waals surface area contributed by atoms with Crippen LogP contribution in [0, 0.1) is 5.41 Å². The highest BCUT2D eigenvalue weighted by molar-refractivity contribution is 7.10. The maximum atomic E-state index is 15.0. The molecule has 1 atom stereocenters. The van der Waals surface area contributed by atoms with Gasteiger partial charge in [0.05, 0.1) is 13.1 Å². The Labute approximate surface area is 221 Å². The van der Waals surface area contributed by atoms with E-state index in [2.05, 4.69) is 10.6 Å². The average molecular weight is 538 g/mol. The highest BCUT2D eigenvalue weighted by Gasteiger charge is 2.44. The number of nitrogens with one attached hydrogen (secondary N) is 3. The normalized spacial score (nSPS) is 17.0. The number of halogens is 2. The molecular formula is C27H25F2N5O3S. The number of amides is 3. The molecule has 3 aromatic rings. The fraction of sp³-hybridized carbons (Fsp3) is 0.259. The van der Waals surface area contributed by atoms with E-state index in [1.807, 2.05) is 0 Å². The van der Waals surface area contributed by atoms with Gasteiger partial charge in [0.2, 0.25) is 11.8 Å². The summed E-state index contributed by atoms with van der Waals surface area (Å²) < 4.78 is 29.9. The minimum atomic E-state index is -3.22. The van der Waals surface area contributed by atoms with Crippen molar-refractivity contribution in [2.75, 3.05) is 13.1 Å². The predicted octanol–water partition coefficient (Wildman–Crippen LogP) is 3.19. The highest BCUT2D eigenvalue weighted by Crippen LogP contribution is 2.50. The summed E-state index contributed by atoms with van der Waals surface area (Å²) in [6.07, 6.45) is 1.14. The van der Waals surface area contributed by atoms with Crippen LogP contribution in [0.4, 0.5) is 8.78 Å². The minimum absolute atomic E-state index is 0.0284. The quantitative estimate of drug-likeness (QED) is 0.273. The third-order valence-electron chi connectivity index (χ3n) is 6.85. The molecule has 1 aliphatic heterocycles. The molecule has 0 saturated carbocycles. The Morgan fingerprint density at radius 1 is 1.05 bits per heavy atom. The van der Waals surface area contributed by atoms with Crippen molar-refractivity contribution < 1.29 is 23.2 Å². The Kier molecular flexibility index (Phi) is 6.70. The maximum Gasteiger partial charge on any atom is 0.299 e. The fourth-order valence-electron chi connectivity index (χ4n) is 4.92. The van der Waals surface area contributed by atoms with Gasteiger partial charge >= 0.3 is 0 Å². The van der Waals surface area contributed by atoms with Crippen molar-refractivity contribution in [3.63, 3.8) is 0 Å². The van der Waals surface area contributed by atoms with Gasteiger partial charge in [-0.15, -0.1) is 11.3 Å². The SMILES string of the molecule is N=C(N)c1csc(CNC(=O)[C@@H]2CCCN2C(=O)CNC(=O)c2ccc3c(c2)C(F)(F)c2ccccc2-3)c1. The molecule has 0 radical (unpaired) electrons. The van der Waals surface area contributed by atoms with E-state index in [9.17, 15) is 23.2 Å². The maximum absolute atomic E-state index is 15.0. The number of carbonyl (C=O) groups is 3. The van der Waals surface area contributed by atoms with Crippen molar-refractivity contribution in [3.05, 3.63) is 81.0 Å². The van der Waals surface area contributed by atoms with Gasteiger partial charge in [0, 0.05) is 39.1 Å². The predicted molar refractivity (Wildman–Crippen MR) is 139 cm³/mol. The molecule has 2 aromatic carbocycles. The van der Waals surface area contributed by atoms with Gasteiger partial charge in [0.15, 0.2) is 0 Å². The summed E-state index contributed by atoms with van der Waals surface area (Å²) in [5.41, 5.74) is 6.56. The molecule has 196 valence electrons. The van der Waals surface area contributed by atoms with Gasteiger partial charge in [0.25, 0.3) is 11.8 Å². The second kappa shape index (κ2) is 9.97. The third kappa shape index (κ3) is 4.65. The van der Waals surface area contributed by atoms with E-state index in [4.69, 9.17) is 11.1 Å². The number of hydrogen-bond donors (Lipinski definition) is 4. The molecule has 1 fully saturated rings. The molecule has 1 aliphatic carbocycles. The van der Waals surface area contributed by atoms with Crippen molar-refractivity contribution in [1.82, 2.24) is 15.5 Å². The van der Waals surface area contributed by atoms with Gasteiger partial charge in [-0.25, -0.2) is 0 Å². The van der Waals surface area contributed by atoms with Crippen molar-refractivity contribution in [3.8, 4) is 11.1 Å². The minimum Gasteiger partial charge on any atom is -0.384 e. The molecule has 2 heterocycles. The fourth-order valence-corrected chi connectivity index (χ4v) is 5.74. The molecule has 3 amide bonds. The molecule has 11 heteroatoms. The molecule has 5 rings (SSSR count). The van der Waals surface area contributed by atoms with Crippen molar-refractivity contribution in [2.45, 2.75) is 31.4 Å². The monoisotopic (exact) mass is 537 g/mol. The first-order chi connectivity index (χ1) is 18.2. The Balaban J connectivity index is 1.19. The molecule has 0 unspecified atom stereocenters. The van der Waals surface area contributed by atoms with E-state index in [1.165, 1.54) is 40.5 Å². The molecular weight excluding hydrogens is 512 g/mol. The van der Waals surface area contributed by atoms with E-state index < -0.39 is 23.8 Å². The van der Waals surface area contributed by atoms with E-state index in [0.717, 1.165) is 4.88 Å². The van der Waals surface area contributed by atoms with Gasteiger partial charge < -0.3 is 21.3 Å². The molecule has 8 nitrogen and oxygen atoms in total. The third-order valence-corrected chi connectivity index (χ3v) is 7.79. The van der Waals surface area contributed by atoms with Gasteiger partial charge in [-0.3, -0.25) is 19.8 Å². The number of benzene rings is 2. The summed E-state index contributed by atoms with van der Waals surface area (Å²) in [5, 5.41) is 14.5. The second-order valence-electron chi connectivity index (χ2n) is 9.24. The zero-order valence-corrected chi connectivity index (χ0v) is 21.0. The summed E-state index contributed by atoms with van der Waals surface area (Å²) >= 11 is 1.37. The molecule has 5 N–H and O–H groups in total. The molecule has 1 saturated heterocycles.